The van der Waals surface area contributed by atoms with Crippen LogP contribution in [0.25, 0.3) is 10.1 Å². The molecule has 0 radical (unpaired) electrons. The molecule has 0 atom stereocenters. The van der Waals surface area contributed by atoms with Gasteiger partial charge in [-0.25, -0.2) is 0 Å². The lowest BCUT2D eigenvalue weighted by Crippen LogP contribution is -2.26. The highest BCUT2D eigenvalue weighted by Gasteiger charge is 2.19. The second-order valence-electron chi connectivity index (χ2n) is 4.74. The molecule has 0 unspecified atom stereocenters. The molecular weight excluding hydrogens is 284 g/mol. The Kier molecular flexibility index (Phi) is 3.53. The van der Waals surface area contributed by atoms with Crippen molar-refractivity contribution in [1.82, 2.24) is 14.9 Å². The Morgan fingerprint density at radius 3 is 2.81 bits per heavy atom. The number of amides is 1. The molecule has 0 fully saturated rings. The molecule has 0 aliphatic rings. The molecule has 0 aliphatic heterocycles. The maximum atomic E-state index is 12.6. The minimum atomic E-state index is -0.0856. The standard InChI is InChI=1S/C15H14N4OS/c1-19(9-10-3-2-5-17-7-10)15(20)14-13(16)11-4-6-18-8-12(11)21-14/h2-8H,9,16H2,1H3. The van der Waals surface area contributed by atoms with Gasteiger partial charge in [0, 0.05) is 43.8 Å². The van der Waals surface area contributed by atoms with E-state index in [1.807, 2.05) is 18.2 Å². The highest BCUT2D eigenvalue weighted by molar-refractivity contribution is 7.21. The van der Waals surface area contributed by atoms with Crippen LogP contribution in [0.2, 0.25) is 0 Å². The highest BCUT2D eigenvalue weighted by Crippen LogP contribution is 2.33. The molecule has 6 heteroatoms. The number of fused-ring (bicyclic) bond motifs is 1. The Morgan fingerprint density at radius 1 is 1.29 bits per heavy atom. The van der Waals surface area contributed by atoms with E-state index in [4.69, 9.17) is 5.73 Å². The van der Waals surface area contributed by atoms with Crippen LogP contribution in [0.15, 0.2) is 43.0 Å². The van der Waals surface area contributed by atoms with E-state index in [0.717, 1.165) is 15.6 Å². The third-order valence-corrected chi connectivity index (χ3v) is 4.36. The van der Waals surface area contributed by atoms with Crippen molar-refractivity contribution in [1.29, 1.82) is 0 Å². The molecule has 106 valence electrons. The summed E-state index contributed by atoms with van der Waals surface area (Å²) in [6, 6.07) is 5.63. The number of nitrogen functional groups attached to an aromatic ring is 1. The van der Waals surface area contributed by atoms with Gasteiger partial charge in [-0.1, -0.05) is 6.07 Å². The Bertz CT molecular complexity index is 785. The molecule has 0 saturated heterocycles. The fourth-order valence-electron chi connectivity index (χ4n) is 2.14. The van der Waals surface area contributed by atoms with Gasteiger partial charge in [0.15, 0.2) is 0 Å². The maximum Gasteiger partial charge on any atom is 0.266 e. The van der Waals surface area contributed by atoms with Gasteiger partial charge in [-0.15, -0.1) is 11.3 Å². The number of nitrogens with zero attached hydrogens (tertiary/aromatic N) is 3. The van der Waals surface area contributed by atoms with Crippen LogP contribution >= 0.6 is 11.3 Å². The van der Waals surface area contributed by atoms with Crippen LogP contribution in [0, 0.1) is 0 Å². The van der Waals surface area contributed by atoms with Gasteiger partial charge >= 0.3 is 0 Å². The lowest BCUT2D eigenvalue weighted by atomic mass is 10.2. The second kappa shape index (κ2) is 5.49. The van der Waals surface area contributed by atoms with E-state index in [-0.39, 0.29) is 5.91 Å². The summed E-state index contributed by atoms with van der Waals surface area (Å²) in [6.07, 6.45) is 6.87. The number of thiophene rings is 1. The largest absolute Gasteiger partial charge is 0.397 e. The molecular formula is C15H14N4OS. The molecule has 3 aromatic heterocycles. The minimum Gasteiger partial charge on any atom is -0.397 e. The predicted molar refractivity (Wildman–Crippen MR) is 84.1 cm³/mol. The predicted octanol–water partition coefficient (Wildman–Crippen LogP) is 2.55. The van der Waals surface area contributed by atoms with E-state index < -0.39 is 0 Å². The van der Waals surface area contributed by atoms with Gasteiger partial charge in [0.2, 0.25) is 0 Å². The van der Waals surface area contributed by atoms with Crippen molar-refractivity contribution in [3.8, 4) is 0 Å². The third kappa shape index (κ3) is 2.57. The van der Waals surface area contributed by atoms with Crippen molar-refractivity contribution in [3.63, 3.8) is 0 Å². The molecule has 1 amide bonds. The lowest BCUT2D eigenvalue weighted by molar-refractivity contribution is 0.0791. The van der Waals surface area contributed by atoms with E-state index in [1.54, 1.807) is 36.7 Å². The van der Waals surface area contributed by atoms with Gasteiger partial charge in [-0.05, 0) is 17.7 Å². The number of rotatable bonds is 3. The van der Waals surface area contributed by atoms with Gasteiger partial charge in [0.1, 0.15) is 4.88 Å². The first kappa shape index (κ1) is 13.5. The Balaban J connectivity index is 1.88. The normalized spacial score (nSPS) is 10.7. The highest BCUT2D eigenvalue weighted by atomic mass is 32.1. The maximum absolute atomic E-state index is 12.6. The van der Waals surface area contributed by atoms with Crippen LogP contribution in [0.3, 0.4) is 0 Å². The first-order chi connectivity index (χ1) is 10.2. The van der Waals surface area contributed by atoms with E-state index in [9.17, 15) is 4.79 Å². The second-order valence-corrected chi connectivity index (χ2v) is 5.79. The van der Waals surface area contributed by atoms with E-state index in [2.05, 4.69) is 9.97 Å². The number of nitrogens with two attached hydrogens (primary N) is 1. The van der Waals surface area contributed by atoms with Crippen LogP contribution in [0.5, 0.6) is 0 Å². The van der Waals surface area contributed by atoms with Crippen LogP contribution in [0.1, 0.15) is 15.2 Å². The summed E-state index contributed by atoms with van der Waals surface area (Å²) in [5, 5.41) is 0.883. The van der Waals surface area contributed by atoms with Crippen molar-refractivity contribution in [2.45, 2.75) is 6.54 Å². The van der Waals surface area contributed by atoms with Crippen LogP contribution in [-0.2, 0) is 6.54 Å². The minimum absolute atomic E-state index is 0.0856. The number of carbonyl (C=O) groups is 1. The van der Waals surface area contributed by atoms with Crippen molar-refractivity contribution < 1.29 is 4.79 Å². The van der Waals surface area contributed by atoms with Crippen molar-refractivity contribution in [3.05, 3.63) is 53.4 Å². The summed E-state index contributed by atoms with van der Waals surface area (Å²) in [6.45, 7) is 0.499. The van der Waals surface area contributed by atoms with Gasteiger partial charge in [0.05, 0.1) is 10.4 Å². The Labute approximate surface area is 126 Å². The first-order valence-electron chi connectivity index (χ1n) is 6.43. The third-order valence-electron chi connectivity index (χ3n) is 3.21. The zero-order valence-electron chi connectivity index (χ0n) is 11.5. The summed E-state index contributed by atoms with van der Waals surface area (Å²) in [5.74, 6) is -0.0856. The average molecular weight is 298 g/mol. The topological polar surface area (TPSA) is 72.1 Å². The van der Waals surface area contributed by atoms with Gasteiger partial charge in [-0.2, -0.15) is 0 Å². The molecule has 0 spiro atoms. The van der Waals surface area contributed by atoms with Crippen molar-refractivity contribution in [2.24, 2.45) is 0 Å². The number of aromatic nitrogens is 2. The Morgan fingerprint density at radius 2 is 2.10 bits per heavy atom. The molecule has 0 aromatic carbocycles. The molecule has 21 heavy (non-hydrogen) atoms. The molecule has 5 nitrogen and oxygen atoms in total. The average Bonchev–Trinajstić information content (AvgIpc) is 2.85. The summed E-state index contributed by atoms with van der Waals surface area (Å²) in [4.78, 5) is 22.9. The quantitative estimate of drug-likeness (QED) is 0.806. The summed E-state index contributed by atoms with van der Waals surface area (Å²) >= 11 is 1.38. The molecule has 0 bridgehead atoms. The number of carbonyl (C=O) groups excluding carboxylic acids is 1. The SMILES string of the molecule is CN(Cc1cccnc1)C(=O)c1sc2cnccc2c1N. The van der Waals surface area contributed by atoms with E-state index in [1.165, 1.54) is 11.3 Å². The number of hydrogen-bond donors (Lipinski definition) is 1. The summed E-state index contributed by atoms with van der Waals surface area (Å²) in [5.41, 5.74) is 7.60. The van der Waals surface area contributed by atoms with Gasteiger partial charge in [0.25, 0.3) is 5.91 Å². The number of anilines is 1. The van der Waals surface area contributed by atoms with Crippen LogP contribution < -0.4 is 5.73 Å². The molecule has 2 N–H and O–H groups in total. The fraction of sp³-hybridized carbons (Fsp3) is 0.133. The fourth-order valence-corrected chi connectivity index (χ4v) is 3.23. The lowest BCUT2D eigenvalue weighted by Gasteiger charge is -2.16. The van der Waals surface area contributed by atoms with E-state index >= 15 is 0 Å². The smallest absolute Gasteiger partial charge is 0.266 e. The zero-order valence-corrected chi connectivity index (χ0v) is 12.3. The molecule has 0 aliphatic carbocycles. The monoisotopic (exact) mass is 298 g/mol. The first-order valence-corrected chi connectivity index (χ1v) is 7.25. The van der Waals surface area contributed by atoms with Crippen molar-refractivity contribution in [2.75, 3.05) is 12.8 Å². The molecule has 3 rings (SSSR count). The van der Waals surface area contributed by atoms with Crippen LogP contribution in [-0.4, -0.2) is 27.8 Å². The summed E-state index contributed by atoms with van der Waals surface area (Å²) in [7, 11) is 1.76. The number of hydrogen-bond acceptors (Lipinski definition) is 5. The van der Waals surface area contributed by atoms with E-state index in [0.29, 0.717) is 17.1 Å². The van der Waals surface area contributed by atoms with Crippen molar-refractivity contribution >= 4 is 33.0 Å². The van der Waals surface area contributed by atoms with Gasteiger partial charge in [-0.3, -0.25) is 14.8 Å². The van der Waals surface area contributed by atoms with Gasteiger partial charge < -0.3 is 10.6 Å². The van der Waals surface area contributed by atoms with Crippen LogP contribution in [0.4, 0.5) is 5.69 Å². The summed E-state index contributed by atoms with van der Waals surface area (Å²) < 4.78 is 0.924. The zero-order chi connectivity index (χ0) is 14.8. The molecule has 3 aromatic rings. The number of pyridine rings is 2. The molecule has 0 saturated carbocycles. The molecule has 3 heterocycles. The Hall–Kier alpha value is -2.47.